The highest BCUT2D eigenvalue weighted by atomic mass is 15.0. The predicted molar refractivity (Wildman–Crippen MR) is 320 cm³/mol. The largest absolute Gasteiger partial charge is 0.310 e. The minimum absolute atomic E-state index is 1.17. The van der Waals surface area contributed by atoms with Gasteiger partial charge in [-0.05, 0) is 91.9 Å². The highest BCUT2D eigenvalue weighted by molar-refractivity contribution is 6.69. The van der Waals surface area contributed by atoms with Gasteiger partial charge in [0.2, 0.25) is 0 Å². The molecule has 0 spiro atoms. The Kier molecular flexibility index (Phi) is 10.4. The zero-order valence-electron chi connectivity index (χ0n) is 40.4. The Balaban J connectivity index is 1.06. The summed E-state index contributed by atoms with van der Waals surface area (Å²) in [6.07, 6.45) is 0. The van der Waals surface area contributed by atoms with E-state index in [9.17, 15) is 0 Å². The molecule has 0 unspecified atom stereocenters. The first-order valence-corrected chi connectivity index (χ1v) is 24.3. The van der Waals surface area contributed by atoms with Crippen LogP contribution in [0, 0.1) is 0 Å². The number of fused-ring (bicyclic) bond motifs is 6. The maximum absolute atomic E-state index is 2.58. The first kappa shape index (κ1) is 42.6. The molecule has 10 aromatic carbocycles. The summed E-state index contributed by atoms with van der Waals surface area (Å²) < 4.78 is 5.07. The molecule has 0 N–H and O–H groups in total. The van der Waals surface area contributed by atoms with E-state index in [4.69, 9.17) is 0 Å². The molecule has 2 nitrogen and oxygen atoms in total. The first-order chi connectivity index (χ1) is 33.7. The topological polar surface area (TPSA) is 9.86 Å². The van der Waals surface area contributed by atoms with Gasteiger partial charge in [0.1, 0.15) is 54.9 Å². The van der Waals surface area contributed by atoms with Crippen LogP contribution in [-0.4, -0.2) is 64.1 Å². The summed E-state index contributed by atoms with van der Waals surface area (Å²) >= 11 is 0. The van der Waals surface area contributed by atoms with Crippen LogP contribution in [0.2, 0.25) is 0 Å². The fourth-order valence-electron chi connectivity index (χ4n) is 11.5. The van der Waals surface area contributed by atoms with Crippen molar-refractivity contribution in [3.05, 3.63) is 200 Å². The van der Waals surface area contributed by atoms with Crippen molar-refractivity contribution >= 4 is 137 Å². The number of hydrogen-bond acceptors (Lipinski definition) is 0. The molecular formula is C60H47B7N2. The van der Waals surface area contributed by atoms with Crippen molar-refractivity contribution in [3.63, 3.8) is 0 Å². The Morgan fingerprint density at radius 1 is 0.275 bits per heavy atom. The fraction of sp³-hybridized carbons (Fsp3) is 0. The van der Waals surface area contributed by atoms with E-state index in [1.54, 1.807) is 0 Å². The lowest BCUT2D eigenvalue weighted by Gasteiger charge is -2.19. The van der Waals surface area contributed by atoms with Crippen LogP contribution < -0.4 is 38.2 Å². The van der Waals surface area contributed by atoms with Crippen LogP contribution >= 0.6 is 0 Å². The normalized spacial score (nSPS) is 11.6. The summed E-state index contributed by atoms with van der Waals surface area (Å²) in [6, 6.07) is 73.4. The van der Waals surface area contributed by atoms with Gasteiger partial charge in [0.05, 0.1) is 16.7 Å². The monoisotopic (exact) mass is 872 g/mol. The number of nitrogens with zero attached hydrogens (tertiary/aromatic N) is 2. The molecule has 9 heteroatoms. The highest BCUT2D eigenvalue weighted by Gasteiger charge is 2.26. The average molecular weight is 872 g/mol. The fourth-order valence-corrected chi connectivity index (χ4v) is 11.5. The Bertz CT molecular complexity index is 3990. The van der Waals surface area contributed by atoms with Crippen molar-refractivity contribution in [1.29, 1.82) is 0 Å². The van der Waals surface area contributed by atoms with Crippen molar-refractivity contribution in [1.82, 2.24) is 9.13 Å². The van der Waals surface area contributed by atoms with Gasteiger partial charge in [-0.1, -0.05) is 197 Å². The molecular weight excluding hydrogens is 824 g/mol. The lowest BCUT2D eigenvalue weighted by atomic mass is 9.64. The van der Waals surface area contributed by atoms with E-state index < -0.39 is 0 Å². The summed E-state index contributed by atoms with van der Waals surface area (Å²) in [6.45, 7) is 0. The summed E-state index contributed by atoms with van der Waals surface area (Å²) in [5, 5.41) is 5.19. The zero-order valence-corrected chi connectivity index (χ0v) is 40.4. The third kappa shape index (κ3) is 6.81. The predicted octanol–water partition coefficient (Wildman–Crippen LogP) is 4.02. The second kappa shape index (κ2) is 16.8. The molecule has 0 amide bonds. The number of aromatic nitrogens is 2. The maximum atomic E-state index is 2.58. The molecule has 0 atom stereocenters. The van der Waals surface area contributed by atoms with E-state index in [0.717, 1.165) is 0 Å². The summed E-state index contributed by atoms with van der Waals surface area (Å²) in [5.74, 6) is 0. The first-order valence-electron chi connectivity index (χ1n) is 24.3. The van der Waals surface area contributed by atoms with Gasteiger partial charge in [-0.3, -0.25) is 0 Å². The molecule has 0 aliphatic heterocycles. The van der Waals surface area contributed by atoms with E-state index in [2.05, 4.69) is 264 Å². The third-order valence-corrected chi connectivity index (χ3v) is 15.5. The molecule has 2 heterocycles. The number of benzene rings is 10. The van der Waals surface area contributed by atoms with Crippen LogP contribution in [-0.2, 0) is 0 Å². The minimum atomic E-state index is 1.17. The van der Waals surface area contributed by atoms with Crippen molar-refractivity contribution in [3.8, 4) is 67.0 Å². The van der Waals surface area contributed by atoms with E-state index in [1.165, 1.54) is 149 Å². The second-order valence-corrected chi connectivity index (χ2v) is 19.1. The molecule has 69 heavy (non-hydrogen) atoms. The lowest BCUT2D eigenvalue weighted by Crippen LogP contribution is -2.48. The lowest BCUT2D eigenvalue weighted by molar-refractivity contribution is 1.18. The van der Waals surface area contributed by atoms with Gasteiger partial charge in [-0.15, -0.1) is 5.46 Å². The van der Waals surface area contributed by atoms with Crippen molar-refractivity contribution in [2.24, 2.45) is 0 Å². The molecule has 0 aliphatic rings. The number of rotatable bonds is 7. The van der Waals surface area contributed by atoms with Gasteiger partial charge in [-0.2, -0.15) is 0 Å². The minimum Gasteiger partial charge on any atom is -0.310 e. The third-order valence-electron chi connectivity index (χ3n) is 15.5. The van der Waals surface area contributed by atoms with Gasteiger partial charge in [0.15, 0.2) is 0 Å². The molecule has 0 saturated heterocycles. The average Bonchev–Trinajstić information content (AvgIpc) is 3.94. The SMILES string of the molecule is Bc1c(B)c(B)c2c(c1B)c1c(B)c(-c3ccc4c(c3)c3ccc(-c5ccccc5)cc3n4-c3ccccc3-c3ccccc3)c(B)c(B)c1n2-c1ccc(-c2ccc(-c3ccccc3)cc2)cc1. The highest BCUT2D eigenvalue weighted by Crippen LogP contribution is 2.40. The molecule has 0 fully saturated rings. The van der Waals surface area contributed by atoms with Crippen molar-refractivity contribution in [2.75, 3.05) is 0 Å². The Labute approximate surface area is 410 Å². The summed E-state index contributed by atoms with van der Waals surface area (Å²) in [5.41, 5.74) is 29.0. The Morgan fingerprint density at radius 3 is 1.36 bits per heavy atom. The van der Waals surface area contributed by atoms with Crippen LogP contribution in [0.4, 0.5) is 0 Å². The van der Waals surface area contributed by atoms with Gasteiger partial charge in [0, 0.05) is 38.4 Å². The van der Waals surface area contributed by atoms with Crippen LogP contribution in [0.25, 0.3) is 111 Å². The Morgan fingerprint density at radius 2 is 0.739 bits per heavy atom. The summed E-state index contributed by atoms with van der Waals surface area (Å²) in [4.78, 5) is 0. The Hall–Kier alpha value is -7.75. The quantitative estimate of drug-likeness (QED) is 0.215. The molecule has 0 saturated carbocycles. The standard InChI is InChI=1S/C60H47B7N2/c61-52-49(41-27-31-47-45(32-41)44-30-26-40(35-14-6-2-7-15-35)33-48(44)69(47)46-19-11-10-18-43(46)39-16-8-3-9-17-39)53(62)57(66)59-50(52)51-54(63)55(64)56(65)58(67)60(51)68(59)42-28-24-38(25-29-42)37-22-20-36(21-23-37)34-12-4-1-5-13-34/h1-33H,61-67H2. The second-order valence-electron chi connectivity index (χ2n) is 19.1. The molecule has 2 aromatic heterocycles. The zero-order chi connectivity index (χ0) is 47.1. The van der Waals surface area contributed by atoms with Gasteiger partial charge in [0.25, 0.3) is 0 Å². The smallest absolute Gasteiger partial charge is 0.141 e. The molecule has 12 aromatic rings. The van der Waals surface area contributed by atoms with Gasteiger partial charge >= 0.3 is 0 Å². The van der Waals surface area contributed by atoms with Crippen LogP contribution in [0.15, 0.2) is 200 Å². The maximum Gasteiger partial charge on any atom is 0.141 e. The van der Waals surface area contributed by atoms with Gasteiger partial charge < -0.3 is 9.13 Å². The van der Waals surface area contributed by atoms with E-state index in [0.29, 0.717) is 0 Å². The molecule has 12 rings (SSSR count). The van der Waals surface area contributed by atoms with Crippen LogP contribution in [0.5, 0.6) is 0 Å². The van der Waals surface area contributed by atoms with E-state index in [-0.39, 0.29) is 0 Å². The van der Waals surface area contributed by atoms with E-state index >= 15 is 0 Å². The summed E-state index contributed by atoms with van der Waals surface area (Å²) in [7, 11) is 16.3. The van der Waals surface area contributed by atoms with Crippen LogP contribution in [0.3, 0.4) is 0 Å². The molecule has 318 valence electrons. The number of para-hydroxylation sites is 1. The van der Waals surface area contributed by atoms with Crippen molar-refractivity contribution < 1.29 is 0 Å². The van der Waals surface area contributed by atoms with E-state index in [1.807, 2.05) is 0 Å². The molecule has 0 aliphatic carbocycles. The van der Waals surface area contributed by atoms with Gasteiger partial charge in [-0.25, -0.2) is 0 Å². The van der Waals surface area contributed by atoms with Crippen molar-refractivity contribution in [2.45, 2.75) is 0 Å². The van der Waals surface area contributed by atoms with Crippen LogP contribution in [0.1, 0.15) is 0 Å². The number of hydrogen-bond donors (Lipinski definition) is 0. The molecule has 0 radical (unpaired) electrons. The molecule has 0 bridgehead atoms.